The molecule has 2 saturated heterocycles. The number of phenolic OH excluding ortho intramolecular Hbond substituents is 1. The molecular weight excluding hydrogens is 550 g/mol. The van der Waals surface area contributed by atoms with Gasteiger partial charge in [-0.05, 0) is 75.2 Å². The van der Waals surface area contributed by atoms with Crippen molar-refractivity contribution >= 4 is 27.5 Å². The number of hydrazine groups is 1. The zero-order chi connectivity index (χ0) is 29.6. The van der Waals surface area contributed by atoms with E-state index in [-0.39, 0.29) is 39.5 Å². The number of nitrogens with one attached hydrogen (secondary N) is 1. The summed E-state index contributed by atoms with van der Waals surface area (Å²) >= 11 is 0. The first-order chi connectivity index (χ1) is 20.9. The molecule has 8 nitrogen and oxygen atoms in total. The van der Waals surface area contributed by atoms with E-state index in [0.29, 0.717) is 35.1 Å². The van der Waals surface area contributed by atoms with Gasteiger partial charge in [0.1, 0.15) is 22.8 Å². The number of phenols is 1. The van der Waals surface area contributed by atoms with Crippen molar-refractivity contribution in [3.63, 3.8) is 0 Å². The van der Waals surface area contributed by atoms with E-state index in [2.05, 4.69) is 26.2 Å². The van der Waals surface area contributed by atoms with E-state index in [1.165, 1.54) is 43.3 Å². The van der Waals surface area contributed by atoms with Crippen LogP contribution in [0.3, 0.4) is 0 Å². The minimum Gasteiger partial charge on any atom is -0.508 e. The number of nitrogens with zero attached hydrogens (tertiary/aromatic N) is 5. The van der Waals surface area contributed by atoms with Gasteiger partial charge in [0, 0.05) is 42.2 Å². The molecule has 0 unspecified atom stereocenters. The number of anilines is 1. The fraction of sp³-hybridized carbons (Fsp3) is 0.424. The van der Waals surface area contributed by atoms with E-state index >= 15 is 4.39 Å². The number of rotatable bonds is 7. The Hall–Kier alpha value is -4.07. The number of aromatic nitrogens is 3. The number of terminal acetylenes is 1. The Morgan fingerprint density at radius 3 is 2.65 bits per heavy atom. The molecule has 2 aromatic carbocycles. The highest BCUT2D eigenvalue weighted by Crippen LogP contribution is 2.47. The molecule has 0 amide bonds. The number of benzene rings is 2. The lowest BCUT2D eigenvalue weighted by atomic mass is 9.96. The maximum absolute atomic E-state index is 16.6. The van der Waals surface area contributed by atoms with Gasteiger partial charge in [-0.25, -0.2) is 14.2 Å². The number of pyridine rings is 1. The van der Waals surface area contributed by atoms with Crippen LogP contribution in [-0.4, -0.2) is 64.3 Å². The van der Waals surface area contributed by atoms with Gasteiger partial charge in [0.05, 0.1) is 17.6 Å². The van der Waals surface area contributed by atoms with Crippen LogP contribution < -0.4 is 15.2 Å². The van der Waals surface area contributed by atoms with Gasteiger partial charge in [0.15, 0.2) is 11.6 Å². The predicted molar refractivity (Wildman–Crippen MR) is 162 cm³/mol. The quantitative estimate of drug-likeness (QED) is 0.273. The number of aromatic hydroxyl groups is 1. The van der Waals surface area contributed by atoms with Crippen molar-refractivity contribution in [2.45, 2.75) is 44.9 Å². The summed E-state index contributed by atoms with van der Waals surface area (Å²) < 4.78 is 37.6. The fourth-order valence-corrected chi connectivity index (χ4v) is 6.44. The van der Waals surface area contributed by atoms with Crippen LogP contribution in [0.5, 0.6) is 11.8 Å². The Balaban J connectivity index is 1.34. The molecule has 1 saturated carbocycles. The molecule has 0 spiro atoms. The van der Waals surface area contributed by atoms with E-state index in [1.807, 2.05) is 5.01 Å². The van der Waals surface area contributed by atoms with Crippen LogP contribution in [0.15, 0.2) is 30.5 Å². The van der Waals surface area contributed by atoms with Crippen molar-refractivity contribution in [3.05, 3.63) is 47.7 Å². The van der Waals surface area contributed by atoms with Crippen molar-refractivity contribution in [2.75, 3.05) is 44.3 Å². The van der Waals surface area contributed by atoms with Gasteiger partial charge in [-0.1, -0.05) is 18.4 Å². The second kappa shape index (κ2) is 11.2. The first-order valence-electron chi connectivity index (χ1n) is 15.1. The largest absolute Gasteiger partial charge is 0.508 e. The Morgan fingerprint density at radius 1 is 1.05 bits per heavy atom. The minimum absolute atomic E-state index is 0.0253. The molecule has 2 N–H and O–H groups in total. The molecule has 222 valence electrons. The summed E-state index contributed by atoms with van der Waals surface area (Å²) in [6, 6.07) is 5.66. The van der Waals surface area contributed by atoms with Crippen LogP contribution in [-0.2, 0) is 0 Å². The Morgan fingerprint density at radius 2 is 1.86 bits per heavy atom. The van der Waals surface area contributed by atoms with Crippen molar-refractivity contribution < 1.29 is 18.6 Å². The summed E-state index contributed by atoms with van der Waals surface area (Å²) in [6.45, 7) is 5.15. The second-order valence-corrected chi connectivity index (χ2v) is 12.1. The van der Waals surface area contributed by atoms with Gasteiger partial charge in [-0.15, -0.1) is 6.42 Å². The Labute approximate surface area is 249 Å². The highest BCUT2D eigenvalue weighted by Gasteiger charge is 2.45. The first-order valence-corrected chi connectivity index (χ1v) is 15.1. The van der Waals surface area contributed by atoms with Gasteiger partial charge in [0.2, 0.25) is 0 Å². The molecule has 10 heteroatoms. The average molecular weight is 585 g/mol. The zero-order valence-corrected chi connectivity index (χ0v) is 24.0. The number of hydrogen-bond donors (Lipinski definition) is 2. The van der Waals surface area contributed by atoms with E-state index < -0.39 is 11.6 Å². The molecular formula is C33H34F2N6O2. The monoisotopic (exact) mass is 584 g/mol. The lowest BCUT2D eigenvalue weighted by Crippen LogP contribution is -2.38. The SMILES string of the molecule is C#Cc1c(F)ccc2cc(O)cc(-c3ncc4c(N5CCCCCN5)nc(OCC5(CN6CCCC6)CC5)nc4c3F)c12. The van der Waals surface area contributed by atoms with Crippen LogP contribution >= 0.6 is 0 Å². The summed E-state index contributed by atoms with van der Waals surface area (Å²) in [7, 11) is 0. The molecule has 1 aliphatic carbocycles. The Kier molecular flexibility index (Phi) is 7.23. The molecule has 43 heavy (non-hydrogen) atoms. The highest BCUT2D eigenvalue weighted by atomic mass is 19.1. The highest BCUT2D eigenvalue weighted by molar-refractivity contribution is 6.03. The predicted octanol–water partition coefficient (Wildman–Crippen LogP) is 5.56. The van der Waals surface area contributed by atoms with Gasteiger partial charge in [-0.2, -0.15) is 9.97 Å². The number of likely N-dealkylation sites (tertiary alicyclic amines) is 1. The van der Waals surface area contributed by atoms with Crippen molar-refractivity contribution in [2.24, 2.45) is 5.41 Å². The third-order valence-corrected chi connectivity index (χ3v) is 8.93. The topological polar surface area (TPSA) is 86.6 Å². The van der Waals surface area contributed by atoms with Crippen molar-refractivity contribution in [3.8, 4) is 35.4 Å². The summed E-state index contributed by atoms with van der Waals surface area (Å²) in [5.41, 5.74) is 3.57. The Bertz CT molecular complexity index is 1740. The zero-order valence-electron chi connectivity index (χ0n) is 24.0. The van der Waals surface area contributed by atoms with E-state index in [0.717, 1.165) is 58.3 Å². The normalized spacial score (nSPS) is 18.6. The van der Waals surface area contributed by atoms with E-state index in [9.17, 15) is 9.50 Å². The molecule has 0 bridgehead atoms. The van der Waals surface area contributed by atoms with Crippen molar-refractivity contribution in [1.29, 1.82) is 0 Å². The molecule has 4 heterocycles. The van der Waals surface area contributed by atoms with Crippen LogP contribution in [0.2, 0.25) is 0 Å². The summed E-state index contributed by atoms with van der Waals surface area (Å²) in [6.07, 6.45) is 14.9. The molecule has 7 rings (SSSR count). The fourth-order valence-electron chi connectivity index (χ4n) is 6.44. The summed E-state index contributed by atoms with van der Waals surface area (Å²) in [5.74, 6) is 1.43. The lowest BCUT2D eigenvalue weighted by molar-refractivity contribution is 0.170. The number of fused-ring (bicyclic) bond motifs is 2. The smallest absolute Gasteiger partial charge is 0.319 e. The molecule has 0 atom stereocenters. The molecule has 3 aliphatic rings. The van der Waals surface area contributed by atoms with E-state index in [4.69, 9.17) is 16.1 Å². The van der Waals surface area contributed by atoms with Gasteiger partial charge >= 0.3 is 6.01 Å². The molecule has 2 aliphatic heterocycles. The standard InChI is InChI=1S/C33H34F2N6O2/c1-2-23-26(34)9-8-21-16-22(42)17-24(27(21)23)29-28(35)30-25(18-36-29)31(41-15-5-3-4-12-37-41)39-32(38-30)43-20-33(10-11-33)19-40-13-6-7-14-40/h1,8-9,16-18,37,42H,3-7,10-15,19-20H2. The van der Waals surface area contributed by atoms with Crippen LogP contribution in [0.25, 0.3) is 32.9 Å². The van der Waals surface area contributed by atoms with Crippen molar-refractivity contribution in [1.82, 2.24) is 25.3 Å². The van der Waals surface area contributed by atoms with E-state index in [1.54, 1.807) is 0 Å². The molecule has 2 aromatic heterocycles. The summed E-state index contributed by atoms with van der Waals surface area (Å²) in [4.78, 5) is 16.3. The number of hydrogen-bond acceptors (Lipinski definition) is 8. The third kappa shape index (κ3) is 5.32. The second-order valence-electron chi connectivity index (χ2n) is 12.1. The van der Waals surface area contributed by atoms with Crippen LogP contribution in [0.1, 0.15) is 50.5 Å². The van der Waals surface area contributed by atoms with Gasteiger partial charge in [0.25, 0.3) is 0 Å². The summed E-state index contributed by atoms with van der Waals surface area (Å²) in [5, 5.41) is 13.6. The molecule has 4 aromatic rings. The molecule has 3 fully saturated rings. The van der Waals surface area contributed by atoms with Crippen LogP contribution in [0, 0.1) is 29.4 Å². The lowest BCUT2D eigenvalue weighted by Gasteiger charge is -2.25. The first kappa shape index (κ1) is 27.7. The molecule has 0 radical (unpaired) electrons. The minimum atomic E-state index is -0.724. The van der Waals surface area contributed by atoms with Gasteiger partial charge in [-0.3, -0.25) is 9.99 Å². The van der Waals surface area contributed by atoms with Gasteiger partial charge < -0.3 is 14.7 Å². The third-order valence-electron chi connectivity index (χ3n) is 8.93. The average Bonchev–Trinajstić information content (AvgIpc) is 3.68. The number of ether oxygens (including phenoxy) is 1. The number of halogens is 2. The van der Waals surface area contributed by atoms with Crippen LogP contribution in [0.4, 0.5) is 14.6 Å². The maximum atomic E-state index is 16.6. The maximum Gasteiger partial charge on any atom is 0.319 e.